The van der Waals surface area contributed by atoms with E-state index < -0.39 is 0 Å². The largest absolute Gasteiger partial charge is 0.495 e. The van der Waals surface area contributed by atoms with Gasteiger partial charge in [-0.1, -0.05) is 13.8 Å². The number of ether oxygens (including phenoxy) is 1. The van der Waals surface area contributed by atoms with Gasteiger partial charge in [-0.3, -0.25) is 14.6 Å². The van der Waals surface area contributed by atoms with Crippen molar-refractivity contribution in [3.63, 3.8) is 0 Å². The first-order valence-corrected chi connectivity index (χ1v) is 13.3. The zero-order chi connectivity index (χ0) is 27.4. The number of nitrogens with zero attached hydrogens (tertiary/aromatic N) is 6. The van der Waals surface area contributed by atoms with Gasteiger partial charge in [-0.15, -0.1) is 0 Å². The first-order valence-electron chi connectivity index (χ1n) is 13.3. The van der Waals surface area contributed by atoms with Crippen LogP contribution >= 0.6 is 0 Å². The lowest BCUT2D eigenvalue weighted by atomic mass is 9.96. The fourth-order valence-corrected chi connectivity index (χ4v) is 5.14. The molecule has 38 heavy (non-hydrogen) atoms. The van der Waals surface area contributed by atoms with Crippen molar-refractivity contribution in [2.45, 2.75) is 39.2 Å². The van der Waals surface area contributed by atoms with E-state index in [0.717, 1.165) is 32.5 Å². The summed E-state index contributed by atoms with van der Waals surface area (Å²) in [6.45, 7) is 8.11. The lowest BCUT2D eigenvalue weighted by Gasteiger charge is -2.43. The van der Waals surface area contributed by atoms with Crippen molar-refractivity contribution in [3.05, 3.63) is 30.0 Å². The Hall–Kier alpha value is -3.44. The third-order valence-electron chi connectivity index (χ3n) is 7.47. The van der Waals surface area contributed by atoms with Gasteiger partial charge >= 0.3 is 0 Å². The molecule has 2 amide bonds. The van der Waals surface area contributed by atoms with Crippen molar-refractivity contribution < 1.29 is 14.3 Å². The van der Waals surface area contributed by atoms with Crippen LogP contribution in [0.15, 0.2) is 24.4 Å². The van der Waals surface area contributed by atoms with Gasteiger partial charge < -0.3 is 25.2 Å². The number of hydrazine groups is 1. The van der Waals surface area contributed by atoms with E-state index >= 15 is 0 Å². The van der Waals surface area contributed by atoms with Crippen molar-refractivity contribution in [2.24, 2.45) is 5.92 Å². The summed E-state index contributed by atoms with van der Waals surface area (Å²) in [5.74, 6) is 1.91. The number of amides is 2. The normalized spacial score (nSPS) is 18.5. The summed E-state index contributed by atoms with van der Waals surface area (Å²) in [7, 11) is 7.09. The fraction of sp³-hybridized carbons (Fsp3) is 0.556. The van der Waals surface area contributed by atoms with Gasteiger partial charge in [0, 0.05) is 33.3 Å². The summed E-state index contributed by atoms with van der Waals surface area (Å²) in [4.78, 5) is 39.0. The number of aromatic nitrogens is 2. The number of hydrogen-bond donors (Lipinski definition) is 2. The predicted octanol–water partition coefficient (Wildman–Crippen LogP) is 2.73. The molecule has 2 aliphatic rings. The molecule has 1 fully saturated rings. The maximum absolute atomic E-state index is 12.9. The molecule has 1 unspecified atom stereocenters. The maximum atomic E-state index is 12.9. The third kappa shape index (κ3) is 5.68. The van der Waals surface area contributed by atoms with Crippen LogP contribution in [0.2, 0.25) is 0 Å². The second-order valence-electron chi connectivity index (χ2n) is 10.0. The first kappa shape index (κ1) is 27.6. The Morgan fingerprint density at radius 3 is 2.58 bits per heavy atom. The van der Waals surface area contributed by atoms with Gasteiger partial charge in [0.2, 0.25) is 5.95 Å². The number of likely N-dealkylation sites (N-methyl/N-ethyl adjacent to an activating group) is 1. The number of carbonyl (C=O) groups excluding carboxylic acids is 2. The minimum absolute atomic E-state index is 0.0000347. The standard InChI is InChI=1S/C27H40N8O3/c1-7-21-26(37)33(5)22-17-29-27(31-24(22)35(21)32(3)4)30-20-10-9-19(15-23(20)38-6)25(36)28-16-18-11-13-34(8-2)14-12-18/h9-10,15,17-18,21H,7-8,11-14,16H2,1-6H3,(H,28,36)(H,29,30,31). The van der Waals surface area contributed by atoms with Crippen LogP contribution < -0.4 is 25.3 Å². The van der Waals surface area contributed by atoms with Crippen LogP contribution in [-0.4, -0.2) is 92.2 Å². The number of carbonyl (C=O) groups is 2. The van der Waals surface area contributed by atoms with Crippen LogP contribution in [0.1, 0.15) is 43.5 Å². The highest BCUT2D eigenvalue weighted by molar-refractivity contribution is 6.04. The minimum Gasteiger partial charge on any atom is -0.495 e. The summed E-state index contributed by atoms with van der Waals surface area (Å²) in [5.41, 5.74) is 1.81. The molecule has 1 saturated heterocycles. The van der Waals surface area contributed by atoms with Gasteiger partial charge in [-0.25, -0.2) is 9.99 Å². The zero-order valence-corrected chi connectivity index (χ0v) is 23.3. The Labute approximate surface area is 225 Å². The van der Waals surface area contributed by atoms with Crippen LogP contribution in [0.25, 0.3) is 0 Å². The van der Waals surface area contributed by atoms with Crippen molar-refractivity contribution in [1.82, 2.24) is 25.2 Å². The molecule has 11 heteroatoms. The van der Waals surface area contributed by atoms with Gasteiger partial charge in [-0.05, 0) is 63.0 Å². The summed E-state index contributed by atoms with van der Waals surface area (Å²) >= 11 is 0. The van der Waals surface area contributed by atoms with E-state index in [2.05, 4.69) is 27.4 Å². The minimum atomic E-state index is -0.350. The van der Waals surface area contributed by atoms with Gasteiger partial charge in [-0.2, -0.15) is 4.98 Å². The lowest BCUT2D eigenvalue weighted by Crippen LogP contribution is -2.57. The average Bonchev–Trinajstić information content (AvgIpc) is 2.93. The number of hydrogen-bond acceptors (Lipinski definition) is 9. The molecule has 0 radical (unpaired) electrons. The number of fused-ring (bicyclic) bond motifs is 1. The van der Waals surface area contributed by atoms with E-state index in [1.165, 1.54) is 0 Å². The molecule has 1 aromatic heterocycles. The number of piperidine rings is 1. The lowest BCUT2D eigenvalue weighted by molar-refractivity contribution is -0.120. The summed E-state index contributed by atoms with van der Waals surface area (Å²) in [5, 5.41) is 10.1. The molecule has 2 aliphatic heterocycles. The highest BCUT2D eigenvalue weighted by atomic mass is 16.5. The summed E-state index contributed by atoms with van der Waals surface area (Å²) in [6.07, 6.45) is 4.50. The molecule has 2 N–H and O–H groups in total. The number of rotatable bonds is 9. The molecule has 3 heterocycles. The molecule has 206 valence electrons. The zero-order valence-electron chi connectivity index (χ0n) is 23.3. The molecule has 0 saturated carbocycles. The van der Waals surface area contributed by atoms with Crippen molar-refractivity contribution >= 4 is 35.0 Å². The first-order chi connectivity index (χ1) is 18.3. The van der Waals surface area contributed by atoms with E-state index in [4.69, 9.17) is 9.72 Å². The van der Waals surface area contributed by atoms with Crippen LogP contribution in [0, 0.1) is 5.92 Å². The Balaban J connectivity index is 1.48. The third-order valence-corrected chi connectivity index (χ3v) is 7.47. The quantitative estimate of drug-likeness (QED) is 0.512. The van der Waals surface area contributed by atoms with E-state index in [9.17, 15) is 9.59 Å². The van der Waals surface area contributed by atoms with E-state index in [0.29, 0.717) is 53.3 Å². The second-order valence-corrected chi connectivity index (χ2v) is 10.0. The Kier molecular flexibility index (Phi) is 8.68. The Morgan fingerprint density at radius 2 is 1.95 bits per heavy atom. The van der Waals surface area contributed by atoms with Gasteiger partial charge in [0.05, 0.1) is 19.0 Å². The number of nitrogens with one attached hydrogen (secondary N) is 2. The van der Waals surface area contributed by atoms with E-state index in [1.807, 2.05) is 31.0 Å². The number of methoxy groups -OCH3 is 1. The van der Waals surface area contributed by atoms with Gasteiger partial charge in [0.1, 0.15) is 17.5 Å². The highest BCUT2D eigenvalue weighted by Crippen LogP contribution is 2.36. The summed E-state index contributed by atoms with van der Waals surface area (Å²) < 4.78 is 5.59. The van der Waals surface area contributed by atoms with Gasteiger partial charge in [0.15, 0.2) is 5.82 Å². The molecule has 1 atom stereocenters. The Morgan fingerprint density at radius 1 is 1.21 bits per heavy atom. The van der Waals surface area contributed by atoms with Crippen LogP contribution in [0.3, 0.4) is 0 Å². The van der Waals surface area contributed by atoms with Crippen LogP contribution in [0.5, 0.6) is 5.75 Å². The topological polar surface area (TPSA) is 106 Å². The molecular formula is C27H40N8O3. The molecule has 0 spiro atoms. The molecule has 0 bridgehead atoms. The van der Waals surface area contributed by atoms with Crippen molar-refractivity contribution in [1.29, 1.82) is 0 Å². The van der Waals surface area contributed by atoms with Crippen molar-refractivity contribution in [3.8, 4) is 5.75 Å². The molecule has 2 aromatic rings. The van der Waals surface area contributed by atoms with E-state index in [-0.39, 0.29) is 17.9 Å². The highest BCUT2D eigenvalue weighted by Gasteiger charge is 2.38. The Bertz CT molecular complexity index is 1150. The second kappa shape index (κ2) is 12.0. The summed E-state index contributed by atoms with van der Waals surface area (Å²) in [6, 6.07) is 4.94. The molecule has 1 aromatic carbocycles. The van der Waals surface area contributed by atoms with Crippen LogP contribution in [-0.2, 0) is 4.79 Å². The predicted molar refractivity (Wildman–Crippen MR) is 149 cm³/mol. The maximum Gasteiger partial charge on any atom is 0.251 e. The molecule has 0 aliphatic carbocycles. The van der Waals surface area contributed by atoms with E-state index in [1.54, 1.807) is 43.5 Å². The molecule has 4 rings (SSSR count). The molecule has 11 nitrogen and oxygen atoms in total. The molecular weight excluding hydrogens is 484 g/mol. The number of benzene rings is 1. The fourth-order valence-electron chi connectivity index (χ4n) is 5.14. The van der Waals surface area contributed by atoms with Gasteiger partial charge in [0.25, 0.3) is 11.8 Å². The monoisotopic (exact) mass is 524 g/mol. The SMILES string of the molecule is CCC1C(=O)N(C)c2cnc(Nc3ccc(C(=O)NCC4CCN(CC)CC4)cc3OC)nc2N1N(C)C. The average molecular weight is 525 g/mol. The van der Waals surface area contributed by atoms with Crippen molar-refractivity contribution in [2.75, 3.05) is 69.7 Å². The number of likely N-dealkylation sites (tertiary alicyclic amines) is 1. The smallest absolute Gasteiger partial charge is 0.251 e. The number of anilines is 4. The van der Waals surface area contributed by atoms with Crippen LogP contribution in [0.4, 0.5) is 23.1 Å².